The fourth-order valence-electron chi connectivity index (χ4n) is 5.33. The zero-order valence-corrected chi connectivity index (χ0v) is 30.9. The third-order valence-electron chi connectivity index (χ3n) is 9.13. The minimum atomic E-state index is -0.673. The van der Waals surface area contributed by atoms with Crippen LogP contribution in [0.2, 0.25) is 0 Å². The molecular weight excluding hydrogens is 512 g/mol. The molecule has 0 rings (SSSR count). The fourth-order valence-corrected chi connectivity index (χ4v) is 6.00. The molecule has 0 aliphatic heterocycles. The summed E-state index contributed by atoms with van der Waals surface area (Å²) in [7, 11) is 0.759. The maximum absolute atomic E-state index is 6.87. The molecule has 5 unspecified atom stereocenters. The summed E-state index contributed by atoms with van der Waals surface area (Å²) in [6.45, 7) is 22.0. The van der Waals surface area contributed by atoms with Gasteiger partial charge in [0.25, 0.3) is 0 Å². The Hall–Kier alpha value is 0.0569. The van der Waals surface area contributed by atoms with Crippen LogP contribution in [-0.4, -0.2) is 54.8 Å². The lowest BCUT2D eigenvalue weighted by atomic mass is 10.00. The van der Waals surface area contributed by atoms with Crippen molar-refractivity contribution in [3.05, 3.63) is 0 Å². The van der Waals surface area contributed by atoms with E-state index >= 15 is 0 Å². The Labute approximate surface area is 255 Å². The van der Waals surface area contributed by atoms with Gasteiger partial charge < -0.3 is 18.9 Å². The van der Waals surface area contributed by atoms with E-state index in [0.29, 0.717) is 30.3 Å². The van der Waals surface area contributed by atoms with Gasteiger partial charge in [0.15, 0.2) is 5.41 Å². The molecule has 0 aromatic carbocycles. The van der Waals surface area contributed by atoms with Crippen molar-refractivity contribution < 1.29 is 18.9 Å². The highest BCUT2D eigenvalue weighted by atomic mass is 28.1. The van der Waals surface area contributed by atoms with Crippen LogP contribution in [0.3, 0.4) is 0 Å². The standard InChI is InChI=1S/C35H74O4Si/c1-9-17-21-30(13-5)25-36-29-34(37-26-31(14-6)22-18-10-2)35(40,38-27-32(15-7)23-19-11-3)39-28-33(16-8)24-20-12-4/h30-34H,9-29H2,1-8,40H3. The van der Waals surface area contributed by atoms with E-state index in [1.807, 2.05) is 0 Å². The molecule has 0 amide bonds. The van der Waals surface area contributed by atoms with Crippen molar-refractivity contribution in [3.63, 3.8) is 0 Å². The number of hydrogen-bond donors (Lipinski definition) is 0. The summed E-state index contributed by atoms with van der Waals surface area (Å²) >= 11 is 0. The summed E-state index contributed by atoms with van der Waals surface area (Å²) in [5.74, 6) is 2.36. The summed E-state index contributed by atoms with van der Waals surface area (Å²) in [6, 6.07) is 0. The third-order valence-corrected chi connectivity index (χ3v) is 10.3. The second-order valence-corrected chi connectivity index (χ2v) is 14.1. The lowest BCUT2D eigenvalue weighted by molar-refractivity contribution is -0.260. The van der Waals surface area contributed by atoms with Crippen molar-refractivity contribution in [1.82, 2.24) is 0 Å². The van der Waals surface area contributed by atoms with Gasteiger partial charge in [0.2, 0.25) is 0 Å². The van der Waals surface area contributed by atoms with Crippen molar-refractivity contribution in [2.45, 2.75) is 170 Å². The van der Waals surface area contributed by atoms with Crippen molar-refractivity contribution in [2.24, 2.45) is 23.7 Å². The molecule has 0 aromatic heterocycles. The molecule has 5 atom stereocenters. The summed E-state index contributed by atoms with van der Waals surface area (Å²) in [6.07, 6.45) is 19.4. The summed E-state index contributed by atoms with van der Waals surface area (Å²) in [5, 5.41) is 0. The SMILES string of the molecule is CCCCC(CC)COCC(OCC(CC)CCCC)C([SiH3])(OCC(CC)CCCC)OCC(CC)CCCC. The fraction of sp³-hybridized carbons (Fsp3) is 1.00. The second-order valence-electron chi connectivity index (χ2n) is 12.7. The first-order valence-electron chi connectivity index (χ1n) is 17.8. The first-order chi connectivity index (χ1) is 19.4. The Kier molecular flexibility index (Phi) is 26.7. The highest BCUT2D eigenvalue weighted by Gasteiger charge is 2.39. The van der Waals surface area contributed by atoms with E-state index in [4.69, 9.17) is 18.9 Å². The number of rotatable bonds is 30. The van der Waals surface area contributed by atoms with Crippen molar-refractivity contribution >= 4 is 10.2 Å². The van der Waals surface area contributed by atoms with Crippen LogP contribution in [0.4, 0.5) is 0 Å². The van der Waals surface area contributed by atoms with Crippen LogP contribution in [0.15, 0.2) is 0 Å². The molecule has 0 saturated carbocycles. The van der Waals surface area contributed by atoms with E-state index in [0.717, 1.165) is 55.9 Å². The zero-order chi connectivity index (χ0) is 30.1. The van der Waals surface area contributed by atoms with Gasteiger partial charge in [-0.25, -0.2) is 0 Å². The molecule has 4 nitrogen and oxygen atoms in total. The van der Waals surface area contributed by atoms with Crippen LogP contribution in [0.5, 0.6) is 0 Å². The number of hydrogen-bond acceptors (Lipinski definition) is 4. The van der Waals surface area contributed by atoms with Crippen molar-refractivity contribution in [1.29, 1.82) is 0 Å². The maximum Gasteiger partial charge on any atom is 0.168 e. The van der Waals surface area contributed by atoms with Crippen LogP contribution in [0, 0.1) is 23.7 Å². The molecule has 0 aliphatic carbocycles. The minimum absolute atomic E-state index is 0.175. The highest BCUT2D eigenvalue weighted by Crippen LogP contribution is 2.27. The smallest absolute Gasteiger partial charge is 0.168 e. The predicted octanol–water partition coefficient (Wildman–Crippen LogP) is 9.31. The number of unbranched alkanes of at least 4 members (excludes halogenated alkanes) is 4. The summed E-state index contributed by atoms with van der Waals surface area (Å²) < 4.78 is 27.0. The van der Waals surface area contributed by atoms with Crippen molar-refractivity contribution in [3.8, 4) is 0 Å². The Morgan fingerprint density at radius 1 is 0.475 bits per heavy atom. The first-order valence-corrected chi connectivity index (χ1v) is 18.8. The van der Waals surface area contributed by atoms with Crippen LogP contribution in [0.1, 0.15) is 158 Å². The Balaban J connectivity index is 5.82. The average Bonchev–Trinajstić information content (AvgIpc) is 2.97. The van der Waals surface area contributed by atoms with Crippen LogP contribution in [-0.2, 0) is 18.9 Å². The summed E-state index contributed by atoms with van der Waals surface area (Å²) in [5.41, 5.74) is -0.673. The van der Waals surface area contributed by atoms with E-state index in [1.165, 1.54) is 83.5 Å². The van der Waals surface area contributed by atoms with Gasteiger partial charge in [-0.05, 0) is 49.4 Å². The van der Waals surface area contributed by atoms with Gasteiger partial charge in [-0.15, -0.1) is 0 Å². The summed E-state index contributed by atoms with van der Waals surface area (Å²) in [4.78, 5) is 0. The normalized spacial score (nSPS) is 17.4. The average molecular weight is 587 g/mol. The van der Waals surface area contributed by atoms with E-state index in [2.05, 4.69) is 55.4 Å². The van der Waals surface area contributed by atoms with E-state index in [9.17, 15) is 0 Å². The van der Waals surface area contributed by atoms with E-state index < -0.39 is 5.41 Å². The largest absolute Gasteiger partial charge is 0.378 e. The molecule has 0 radical (unpaired) electrons. The van der Waals surface area contributed by atoms with Gasteiger partial charge in [0.1, 0.15) is 6.10 Å². The Bertz CT molecular complexity index is 512. The van der Waals surface area contributed by atoms with Gasteiger partial charge in [0.05, 0.1) is 36.7 Å². The molecule has 0 N–H and O–H groups in total. The second kappa shape index (κ2) is 26.7. The quantitative estimate of drug-likeness (QED) is 0.0621. The van der Waals surface area contributed by atoms with Gasteiger partial charge in [-0.3, -0.25) is 0 Å². The lowest BCUT2D eigenvalue weighted by Gasteiger charge is -2.40. The van der Waals surface area contributed by atoms with Gasteiger partial charge >= 0.3 is 0 Å². The third kappa shape index (κ3) is 18.6. The van der Waals surface area contributed by atoms with Crippen LogP contribution >= 0.6 is 0 Å². The molecule has 0 saturated heterocycles. The van der Waals surface area contributed by atoms with Gasteiger partial charge in [-0.2, -0.15) is 0 Å². The molecule has 0 spiro atoms. The molecule has 0 bridgehead atoms. The Morgan fingerprint density at radius 2 is 0.825 bits per heavy atom. The van der Waals surface area contributed by atoms with Crippen molar-refractivity contribution in [2.75, 3.05) is 33.0 Å². The minimum Gasteiger partial charge on any atom is -0.378 e. The molecule has 0 aromatic rings. The molecule has 242 valence electrons. The molecular formula is C35H74O4Si. The van der Waals surface area contributed by atoms with Gasteiger partial charge in [-0.1, -0.05) is 132 Å². The molecule has 5 heteroatoms. The molecule has 0 fully saturated rings. The van der Waals surface area contributed by atoms with Gasteiger partial charge in [0, 0.05) is 6.61 Å². The zero-order valence-electron chi connectivity index (χ0n) is 28.9. The highest BCUT2D eigenvalue weighted by molar-refractivity contribution is 6.14. The maximum atomic E-state index is 6.87. The van der Waals surface area contributed by atoms with E-state index in [-0.39, 0.29) is 6.10 Å². The van der Waals surface area contributed by atoms with E-state index in [1.54, 1.807) is 0 Å². The number of ether oxygens (including phenoxy) is 4. The Morgan fingerprint density at radius 3 is 1.18 bits per heavy atom. The predicted molar refractivity (Wildman–Crippen MR) is 178 cm³/mol. The lowest BCUT2D eigenvalue weighted by Crippen LogP contribution is -2.53. The van der Waals surface area contributed by atoms with Crippen LogP contribution in [0.25, 0.3) is 0 Å². The monoisotopic (exact) mass is 587 g/mol. The topological polar surface area (TPSA) is 36.9 Å². The van der Waals surface area contributed by atoms with Crippen LogP contribution < -0.4 is 0 Å². The first kappa shape index (κ1) is 40.1. The molecule has 0 aliphatic rings. The molecule has 0 heterocycles. The molecule has 40 heavy (non-hydrogen) atoms.